The summed E-state index contributed by atoms with van der Waals surface area (Å²) < 4.78 is 16.4. The minimum atomic E-state index is -1.95. The lowest BCUT2D eigenvalue weighted by atomic mass is 9.92. The normalized spacial score (nSPS) is 14.1. The molecule has 0 aliphatic heterocycles. The van der Waals surface area contributed by atoms with Crippen molar-refractivity contribution in [3.8, 4) is 0 Å². The van der Waals surface area contributed by atoms with Gasteiger partial charge in [0.1, 0.15) is 0 Å². The van der Waals surface area contributed by atoms with E-state index in [1.807, 2.05) is 20.8 Å². The Labute approximate surface area is 166 Å². The van der Waals surface area contributed by atoms with Crippen LogP contribution in [0.5, 0.6) is 0 Å². The highest BCUT2D eigenvalue weighted by Crippen LogP contribution is 2.32. The molecule has 0 saturated heterocycles. The van der Waals surface area contributed by atoms with Crippen LogP contribution in [0.1, 0.15) is 53.9 Å². The van der Waals surface area contributed by atoms with E-state index in [1.54, 1.807) is 13.8 Å². The summed E-state index contributed by atoms with van der Waals surface area (Å²) in [6.45, 7) is 9.54. The molecule has 0 bridgehead atoms. The molecule has 2 N–H and O–H groups in total. The van der Waals surface area contributed by atoms with Crippen LogP contribution in [0.2, 0.25) is 0 Å². The molecule has 10 heteroatoms. The number of hydrogen-bond donors (Lipinski definition) is 2. The molecule has 0 aromatic heterocycles. The molecular weight excluding hydrogens is 372 g/mol. The predicted octanol–water partition coefficient (Wildman–Crippen LogP) is 1.03. The first-order valence-electron chi connectivity index (χ1n) is 8.96. The van der Waals surface area contributed by atoms with Gasteiger partial charge in [-0.25, -0.2) is 4.79 Å². The van der Waals surface area contributed by atoms with Crippen LogP contribution in [0.25, 0.3) is 0 Å². The summed E-state index contributed by atoms with van der Waals surface area (Å²) in [5, 5.41) is 0. The maximum absolute atomic E-state index is 12.7. The standard InChI is InChI=1S/C18H34N2O8/c1-16(2,3)25-10-9-17(4,5)28-18(11-13(21)24-8,15(23)27-20-7)12-14(22)26-19-6/h19-20H,9-12H2,1-8H3. The Hall–Kier alpha value is -1.75. The summed E-state index contributed by atoms with van der Waals surface area (Å²) in [7, 11) is 3.93. The average molecular weight is 406 g/mol. The minimum absolute atomic E-state index is 0.340. The molecule has 0 radical (unpaired) electrons. The first kappa shape index (κ1) is 26.2. The molecule has 10 nitrogen and oxygen atoms in total. The van der Waals surface area contributed by atoms with Gasteiger partial charge >= 0.3 is 17.9 Å². The van der Waals surface area contributed by atoms with E-state index < -0.39 is 42.0 Å². The van der Waals surface area contributed by atoms with Crippen molar-refractivity contribution in [2.45, 2.75) is 70.7 Å². The fraction of sp³-hybridized carbons (Fsp3) is 0.833. The quantitative estimate of drug-likeness (QED) is 0.276. The van der Waals surface area contributed by atoms with Gasteiger partial charge in [0.15, 0.2) is 5.60 Å². The lowest BCUT2D eigenvalue weighted by Gasteiger charge is -2.38. The van der Waals surface area contributed by atoms with E-state index in [4.69, 9.17) is 19.1 Å². The first-order chi connectivity index (χ1) is 12.8. The zero-order valence-corrected chi connectivity index (χ0v) is 18.1. The largest absolute Gasteiger partial charge is 0.469 e. The van der Waals surface area contributed by atoms with Crippen LogP contribution in [-0.4, -0.2) is 62.5 Å². The molecule has 1 atom stereocenters. The van der Waals surface area contributed by atoms with Gasteiger partial charge in [0.25, 0.3) is 0 Å². The highest BCUT2D eigenvalue weighted by molar-refractivity contribution is 5.90. The lowest BCUT2D eigenvalue weighted by molar-refractivity contribution is -0.212. The molecule has 0 aliphatic carbocycles. The van der Waals surface area contributed by atoms with Gasteiger partial charge < -0.3 is 23.9 Å². The smallest absolute Gasteiger partial charge is 0.358 e. The number of hydrogen-bond acceptors (Lipinski definition) is 10. The lowest BCUT2D eigenvalue weighted by Crippen LogP contribution is -2.53. The Morgan fingerprint density at radius 2 is 1.39 bits per heavy atom. The van der Waals surface area contributed by atoms with Crippen molar-refractivity contribution in [2.75, 3.05) is 27.8 Å². The topological polar surface area (TPSA) is 121 Å². The van der Waals surface area contributed by atoms with E-state index in [-0.39, 0.29) is 5.60 Å². The van der Waals surface area contributed by atoms with Crippen molar-refractivity contribution in [3.63, 3.8) is 0 Å². The van der Waals surface area contributed by atoms with E-state index >= 15 is 0 Å². The summed E-state index contributed by atoms with van der Waals surface area (Å²) >= 11 is 0. The number of carbonyl (C=O) groups is 3. The average Bonchev–Trinajstić information content (AvgIpc) is 2.52. The molecule has 0 amide bonds. The number of carbonyl (C=O) groups excluding carboxylic acids is 3. The zero-order valence-electron chi connectivity index (χ0n) is 18.1. The van der Waals surface area contributed by atoms with Gasteiger partial charge in [-0.2, -0.15) is 11.0 Å². The van der Waals surface area contributed by atoms with Crippen molar-refractivity contribution in [2.24, 2.45) is 0 Å². The summed E-state index contributed by atoms with van der Waals surface area (Å²) in [4.78, 5) is 46.3. The second kappa shape index (κ2) is 11.3. The number of rotatable bonds is 12. The van der Waals surface area contributed by atoms with Crippen LogP contribution in [0.3, 0.4) is 0 Å². The van der Waals surface area contributed by atoms with Crippen molar-refractivity contribution < 1.29 is 38.3 Å². The van der Waals surface area contributed by atoms with E-state index in [0.29, 0.717) is 13.0 Å². The zero-order chi connectivity index (χ0) is 22.0. The van der Waals surface area contributed by atoms with Crippen LogP contribution in [-0.2, 0) is 38.3 Å². The fourth-order valence-electron chi connectivity index (χ4n) is 2.38. The molecule has 28 heavy (non-hydrogen) atoms. The summed E-state index contributed by atoms with van der Waals surface area (Å²) in [5.41, 5.74) is 1.24. The summed E-state index contributed by atoms with van der Waals surface area (Å²) in [6, 6.07) is 0. The number of esters is 1. The summed E-state index contributed by atoms with van der Waals surface area (Å²) in [5.74, 6) is -2.49. The molecule has 1 unspecified atom stereocenters. The Bertz CT molecular complexity index is 530. The molecule has 0 aromatic rings. The van der Waals surface area contributed by atoms with Crippen molar-refractivity contribution >= 4 is 17.9 Å². The Kier molecular flexibility index (Phi) is 10.6. The van der Waals surface area contributed by atoms with Gasteiger partial charge in [0.2, 0.25) is 0 Å². The summed E-state index contributed by atoms with van der Waals surface area (Å²) in [6.07, 6.45) is -0.708. The van der Waals surface area contributed by atoms with Gasteiger partial charge in [-0.3, -0.25) is 9.59 Å². The second-order valence-electron chi connectivity index (χ2n) is 7.77. The molecule has 0 spiro atoms. The second-order valence-corrected chi connectivity index (χ2v) is 7.77. The monoisotopic (exact) mass is 406 g/mol. The van der Waals surface area contributed by atoms with Gasteiger partial charge in [0.05, 0.1) is 31.2 Å². The Balaban J connectivity index is 5.69. The number of hydroxylamine groups is 2. The van der Waals surface area contributed by atoms with Crippen LogP contribution < -0.4 is 11.0 Å². The number of methoxy groups -OCH3 is 1. The molecule has 0 saturated carbocycles. The highest BCUT2D eigenvalue weighted by atomic mass is 16.7. The molecule has 0 aliphatic rings. The first-order valence-corrected chi connectivity index (χ1v) is 8.96. The van der Waals surface area contributed by atoms with Crippen LogP contribution in [0.15, 0.2) is 0 Å². The van der Waals surface area contributed by atoms with E-state index in [9.17, 15) is 14.4 Å². The van der Waals surface area contributed by atoms with Gasteiger partial charge in [-0.15, -0.1) is 0 Å². The van der Waals surface area contributed by atoms with E-state index in [1.165, 1.54) is 21.2 Å². The Morgan fingerprint density at radius 1 is 0.857 bits per heavy atom. The molecule has 0 rings (SSSR count). The number of nitrogens with one attached hydrogen (secondary N) is 2. The molecule has 0 heterocycles. The third-order valence-corrected chi connectivity index (χ3v) is 3.58. The highest BCUT2D eigenvalue weighted by Gasteiger charge is 2.50. The number of ether oxygens (including phenoxy) is 3. The molecule has 0 aromatic carbocycles. The maximum atomic E-state index is 12.7. The molecule has 0 fully saturated rings. The van der Waals surface area contributed by atoms with E-state index in [0.717, 1.165) is 0 Å². The molecular formula is C18H34N2O8. The van der Waals surface area contributed by atoms with Crippen LogP contribution in [0.4, 0.5) is 0 Å². The third kappa shape index (κ3) is 9.98. The van der Waals surface area contributed by atoms with Gasteiger partial charge in [-0.1, -0.05) is 0 Å². The van der Waals surface area contributed by atoms with Crippen LogP contribution >= 0.6 is 0 Å². The SMILES string of the molecule is CNOC(=O)CC(CC(=O)OC)(OC(C)(C)CCOC(C)(C)C)C(=O)ONC. The third-order valence-electron chi connectivity index (χ3n) is 3.58. The van der Waals surface area contributed by atoms with Gasteiger partial charge in [-0.05, 0) is 41.0 Å². The predicted molar refractivity (Wildman–Crippen MR) is 99.8 cm³/mol. The van der Waals surface area contributed by atoms with E-state index in [2.05, 4.69) is 15.7 Å². The fourth-order valence-corrected chi connectivity index (χ4v) is 2.38. The van der Waals surface area contributed by atoms with Crippen molar-refractivity contribution in [1.82, 2.24) is 11.0 Å². The minimum Gasteiger partial charge on any atom is -0.469 e. The molecule has 164 valence electrons. The van der Waals surface area contributed by atoms with Crippen LogP contribution in [0, 0.1) is 0 Å². The maximum Gasteiger partial charge on any atom is 0.358 e. The van der Waals surface area contributed by atoms with Crippen molar-refractivity contribution in [3.05, 3.63) is 0 Å². The van der Waals surface area contributed by atoms with Gasteiger partial charge in [0, 0.05) is 20.7 Å². The van der Waals surface area contributed by atoms with Crippen molar-refractivity contribution in [1.29, 1.82) is 0 Å². The Morgan fingerprint density at radius 3 is 1.86 bits per heavy atom.